The molecule has 1 aliphatic heterocycles. The summed E-state index contributed by atoms with van der Waals surface area (Å²) in [4.78, 5) is 2.30. The summed E-state index contributed by atoms with van der Waals surface area (Å²) in [5, 5.41) is 0. The Morgan fingerprint density at radius 3 is 2.46 bits per heavy atom. The van der Waals surface area contributed by atoms with Crippen LogP contribution in [-0.4, -0.2) is 38.5 Å². The van der Waals surface area contributed by atoms with Gasteiger partial charge in [0.25, 0.3) is 0 Å². The zero-order valence-electron chi connectivity index (χ0n) is 7.65. The molecule has 3 heteroatoms. The van der Waals surface area contributed by atoms with Gasteiger partial charge in [0.2, 0.25) is 7.41 Å². The number of benzene rings is 1. The fourth-order valence-corrected chi connectivity index (χ4v) is 1.46. The molecule has 0 saturated carbocycles. The van der Waals surface area contributed by atoms with E-state index < -0.39 is 0 Å². The first kappa shape index (κ1) is 8.79. The van der Waals surface area contributed by atoms with E-state index in [0.29, 0.717) is 0 Å². The SMILES string of the molecule is [B](c1ccccc1)N1CCOCC1. The van der Waals surface area contributed by atoms with E-state index in [-0.39, 0.29) is 0 Å². The maximum Gasteiger partial charge on any atom is 0.247 e. The lowest BCUT2D eigenvalue weighted by Gasteiger charge is -2.25. The van der Waals surface area contributed by atoms with Crippen molar-refractivity contribution >= 4 is 12.9 Å². The van der Waals surface area contributed by atoms with Crippen LogP contribution in [0.2, 0.25) is 0 Å². The molecule has 1 aromatic carbocycles. The molecule has 67 valence electrons. The van der Waals surface area contributed by atoms with Crippen LogP contribution in [0.3, 0.4) is 0 Å². The van der Waals surface area contributed by atoms with Gasteiger partial charge in [-0.15, -0.1) is 0 Å². The highest BCUT2D eigenvalue weighted by atomic mass is 16.5. The van der Waals surface area contributed by atoms with Crippen molar-refractivity contribution in [3.05, 3.63) is 30.3 Å². The Morgan fingerprint density at radius 2 is 1.77 bits per heavy atom. The van der Waals surface area contributed by atoms with E-state index in [4.69, 9.17) is 4.74 Å². The second-order valence-electron chi connectivity index (χ2n) is 3.19. The molecule has 0 aliphatic carbocycles. The molecule has 0 bridgehead atoms. The summed E-state index contributed by atoms with van der Waals surface area (Å²) in [6, 6.07) is 10.4. The molecule has 0 atom stereocenters. The van der Waals surface area contributed by atoms with Gasteiger partial charge in [-0.2, -0.15) is 0 Å². The highest BCUT2D eigenvalue weighted by Gasteiger charge is 2.11. The van der Waals surface area contributed by atoms with Crippen LogP contribution in [0.1, 0.15) is 0 Å². The average molecular weight is 174 g/mol. The standard InChI is InChI=1S/C10H13BNO/c1-2-4-10(5-3-1)11-12-6-8-13-9-7-12/h1-5H,6-9H2. The van der Waals surface area contributed by atoms with Crippen LogP contribution in [-0.2, 0) is 4.74 Å². The fraction of sp³-hybridized carbons (Fsp3) is 0.400. The first-order chi connectivity index (χ1) is 6.45. The molecule has 1 aromatic rings. The minimum absolute atomic E-state index is 0.851. The molecule has 0 amide bonds. The number of nitrogens with zero attached hydrogens (tertiary/aromatic N) is 1. The van der Waals surface area contributed by atoms with Crippen molar-refractivity contribution in [2.75, 3.05) is 26.3 Å². The molecule has 1 radical (unpaired) electrons. The molecule has 13 heavy (non-hydrogen) atoms. The van der Waals surface area contributed by atoms with Gasteiger partial charge in [0, 0.05) is 13.1 Å². The van der Waals surface area contributed by atoms with E-state index in [9.17, 15) is 0 Å². The van der Waals surface area contributed by atoms with E-state index in [1.54, 1.807) is 0 Å². The second-order valence-corrected chi connectivity index (χ2v) is 3.19. The summed E-state index contributed by atoms with van der Waals surface area (Å²) >= 11 is 0. The van der Waals surface area contributed by atoms with E-state index in [1.165, 1.54) is 5.46 Å². The van der Waals surface area contributed by atoms with Crippen LogP contribution in [0.4, 0.5) is 0 Å². The predicted octanol–water partition coefficient (Wildman–Crippen LogP) is 0.263. The van der Waals surface area contributed by atoms with Gasteiger partial charge in [0.15, 0.2) is 0 Å². The lowest BCUT2D eigenvalue weighted by Crippen LogP contribution is -2.43. The maximum absolute atomic E-state index is 5.28. The molecule has 0 N–H and O–H groups in total. The Balaban J connectivity index is 1.90. The zero-order valence-corrected chi connectivity index (χ0v) is 7.65. The van der Waals surface area contributed by atoms with Crippen molar-refractivity contribution in [1.82, 2.24) is 4.81 Å². The fourth-order valence-electron chi connectivity index (χ4n) is 1.46. The van der Waals surface area contributed by atoms with E-state index in [0.717, 1.165) is 26.3 Å². The van der Waals surface area contributed by atoms with Crippen LogP contribution in [0, 0.1) is 0 Å². The Morgan fingerprint density at radius 1 is 1.08 bits per heavy atom. The molecule has 0 unspecified atom stereocenters. The van der Waals surface area contributed by atoms with E-state index in [2.05, 4.69) is 36.5 Å². The first-order valence-corrected chi connectivity index (χ1v) is 4.67. The van der Waals surface area contributed by atoms with Crippen molar-refractivity contribution in [3.8, 4) is 0 Å². The van der Waals surface area contributed by atoms with Gasteiger partial charge in [0.1, 0.15) is 0 Å². The highest BCUT2D eigenvalue weighted by Crippen LogP contribution is 1.94. The summed E-state index contributed by atoms with van der Waals surface area (Å²) in [6.07, 6.45) is 0. The molecular formula is C10H13BNO. The Hall–Kier alpha value is -0.795. The van der Waals surface area contributed by atoms with Gasteiger partial charge in [-0.1, -0.05) is 35.8 Å². The van der Waals surface area contributed by atoms with Crippen LogP contribution in [0.5, 0.6) is 0 Å². The Kier molecular flexibility index (Phi) is 3.00. The molecule has 1 heterocycles. The lowest BCUT2D eigenvalue weighted by atomic mass is 9.80. The van der Waals surface area contributed by atoms with Crippen LogP contribution in [0.25, 0.3) is 0 Å². The number of rotatable bonds is 2. The second kappa shape index (κ2) is 4.44. The highest BCUT2D eigenvalue weighted by molar-refractivity contribution is 6.50. The van der Waals surface area contributed by atoms with Gasteiger partial charge < -0.3 is 9.55 Å². The molecule has 1 saturated heterocycles. The molecule has 2 nitrogen and oxygen atoms in total. The molecule has 0 spiro atoms. The number of hydrogen-bond acceptors (Lipinski definition) is 2. The van der Waals surface area contributed by atoms with Gasteiger partial charge in [-0.25, -0.2) is 0 Å². The number of hydrogen-bond donors (Lipinski definition) is 0. The Bertz CT molecular complexity index is 246. The van der Waals surface area contributed by atoms with Crippen molar-refractivity contribution in [2.24, 2.45) is 0 Å². The predicted molar refractivity (Wildman–Crippen MR) is 54.2 cm³/mol. The molecule has 1 aliphatic rings. The van der Waals surface area contributed by atoms with Gasteiger partial charge in [-0.3, -0.25) is 0 Å². The monoisotopic (exact) mass is 174 g/mol. The molecule has 0 aromatic heterocycles. The molecule has 1 fully saturated rings. The van der Waals surface area contributed by atoms with Crippen molar-refractivity contribution in [1.29, 1.82) is 0 Å². The average Bonchev–Trinajstić information content (AvgIpc) is 2.21. The zero-order chi connectivity index (χ0) is 8.93. The molecular weight excluding hydrogens is 161 g/mol. The molecule has 2 rings (SSSR count). The van der Waals surface area contributed by atoms with Crippen LogP contribution < -0.4 is 5.46 Å². The Labute approximate surface area is 79.8 Å². The normalized spacial score (nSPS) is 18.5. The summed E-state index contributed by atoms with van der Waals surface area (Å²) in [7, 11) is 2.20. The van der Waals surface area contributed by atoms with Gasteiger partial charge in [0.05, 0.1) is 13.2 Å². The third-order valence-corrected chi connectivity index (χ3v) is 2.18. The largest absolute Gasteiger partial charge is 0.379 e. The minimum atomic E-state index is 0.851. The van der Waals surface area contributed by atoms with Gasteiger partial charge in [-0.05, 0) is 0 Å². The quantitative estimate of drug-likeness (QED) is 0.596. The maximum atomic E-state index is 5.28. The van der Waals surface area contributed by atoms with Crippen molar-refractivity contribution in [3.63, 3.8) is 0 Å². The van der Waals surface area contributed by atoms with Crippen molar-refractivity contribution in [2.45, 2.75) is 0 Å². The van der Waals surface area contributed by atoms with Crippen molar-refractivity contribution < 1.29 is 4.74 Å². The number of ether oxygens (including phenoxy) is 1. The van der Waals surface area contributed by atoms with E-state index >= 15 is 0 Å². The van der Waals surface area contributed by atoms with Crippen LogP contribution >= 0.6 is 0 Å². The third kappa shape index (κ3) is 2.57. The number of morpholine rings is 1. The smallest absolute Gasteiger partial charge is 0.247 e. The van der Waals surface area contributed by atoms with Gasteiger partial charge >= 0.3 is 0 Å². The summed E-state index contributed by atoms with van der Waals surface area (Å²) in [5.74, 6) is 0. The lowest BCUT2D eigenvalue weighted by molar-refractivity contribution is 0.0730. The van der Waals surface area contributed by atoms with Crippen LogP contribution in [0.15, 0.2) is 30.3 Å². The third-order valence-electron chi connectivity index (χ3n) is 2.18. The minimum Gasteiger partial charge on any atom is -0.379 e. The summed E-state index contributed by atoms with van der Waals surface area (Å²) in [5.41, 5.74) is 1.27. The summed E-state index contributed by atoms with van der Waals surface area (Å²) in [6.45, 7) is 3.72. The summed E-state index contributed by atoms with van der Waals surface area (Å²) < 4.78 is 5.28. The van der Waals surface area contributed by atoms with E-state index in [1.807, 2.05) is 6.07 Å². The topological polar surface area (TPSA) is 12.5 Å². The first-order valence-electron chi connectivity index (χ1n) is 4.67.